The van der Waals surface area contributed by atoms with E-state index in [0.29, 0.717) is 0 Å². The maximum atomic E-state index is 5.94. The molecule has 0 unspecified atom stereocenters. The Hall–Kier alpha value is -1.11. The topological polar surface area (TPSA) is 43.6 Å². The van der Waals surface area contributed by atoms with Crippen molar-refractivity contribution in [3.05, 3.63) is 28.5 Å². The highest BCUT2D eigenvalue weighted by Gasteiger charge is 2.12. The molecule has 3 heterocycles. The van der Waals surface area contributed by atoms with Crippen molar-refractivity contribution in [1.82, 2.24) is 19.7 Å². The van der Waals surface area contributed by atoms with E-state index >= 15 is 0 Å². The van der Waals surface area contributed by atoms with Crippen molar-refractivity contribution in [2.45, 2.75) is 17.0 Å². The zero-order valence-electron chi connectivity index (χ0n) is 9.72. The second-order valence-corrected chi connectivity index (χ2v) is 6.03. The highest BCUT2D eigenvalue weighted by atomic mass is 35.5. The van der Waals surface area contributed by atoms with Gasteiger partial charge in [-0.05, 0) is 47.8 Å². The van der Waals surface area contributed by atoms with Crippen molar-refractivity contribution in [2.24, 2.45) is 7.05 Å². The van der Waals surface area contributed by atoms with Gasteiger partial charge < -0.3 is 0 Å². The summed E-state index contributed by atoms with van der Waals surface area (Å²) in [6.45, 7) is 1.97. The molecule has 0 fully saturated rings. The summed E-state index contributed by atoms with van der Waals surface area (Å²) >= 11 is 9.06. The molecule has 0 aliphatic heterocycles. The molecular weight excluding hydrogens is 288 g/mol. The molecule has 3 aromatic rings. The van der Waals surface area contributed by atoms with Gasteiger partial charge in [0.2, 0.25) is 5.28 Å². The minimum atomic E-state index is 0.284. The zero-order valence-corrected chi connectivity index (χ0v) is 12.1. The van der Waals surface area contributed by atoms with E-state index in [1.165, 1.54) is 0 Å². The first kappa shape index (κ1) is 12.0. The Morgan fingerprint density at radius 2 is 2.22 bits per heavy atom. The highest BCUT2D eigenvalue weighted by molar-refractivity contribution is 7.99. The van der Waals surface area contributed by atoms with Gasteiger partial charge in [-0.15, -0.1) is 11.3 Å². The molecule has 0 amide bonds. The fourth-order valence-corrected chi connectivity index (χ4v) is 3.77. The number of fused-ring (bicyclic) bond motifs is 1. The molecule has 18 heavy (non-hydrogen) atoms. The number of rotatable bonds is 2. The molecule has 7 heteroatoms. The van der Waals surface area contributed by atoms with Gasteiger partial charge in [0.05, 0.1) is 5.69 Å². The predicted molar refractivity (Wildman–Crippen MR) is 74.5 cm³/mol. The highest BCUT2D eigenvalue weighted by Crippen LogP contribution is 2.34. The lowest BCUT2D eigenvalue weighted by Crippen LogP contribution is -1.93. The maximum absolute atomic E-state index is 5.94. The average molecular weight is 297 g/mol. The third-order valence-corrected chi connectivity index (χ3v) is 4.49. The van der Waals surface area contributed by atoms with Crippen molar-refractivity contribution < 1.29 is 0 Å². The number of thiophene rings is 1. The zero-order chi connectivity index (χ0) is 12.7. The first-order valence-corrected chi connectivity index (χ1v) is 7.30. The molecule has 0 bridgehead atoms. The number of hydrogen-bond acceptors (Lipinski definition) is 5. The number of nitrogens with zero attached hydrogens (tertiary/aromatic N) is 4. The van der Waals surface area contributed by atoms with E-state index in [4.69, 9.17) is 11.6 Å². The van der Waals surface area contributed by atoms with E-state index in [2.05, 4.69) is 15.1 Å². The molecule has 92 valence electrons. The molecule has 0 saturated heterocycles. The van der Waals surface area contributed by atoms with Gasteiger partial charge in [0.25, 0.3) is 0 Å². The summed E-state index contributed by atoms with van der Waals surface area (Å²) in [5, 5.41) is 9.54. The molecule has 0 N–H and O–H groups in total. The fourth-order valence-electron chi connectivity index (χ4n) is 1.66. The fraction of sp³-hybridized carbons (Fsp3) is 0.182. The molecule has 0 aliphatic rings. The SMILES string of the molecule is Cc1cc(Sc2nc(Cl)nc3sccc23)n(C)n1. The van der Waals surface area contributed by atoms with Crippen LogP contribution in [0.1, 0.15) is 5.69 Å². The smallest absolute Gasteiger partial charge is 0.224 e. The quantitative estimate of drug-likeness (QED) is 0.536. The van der Waals surface area contributed by atoms with Crippen LogP contribution in [-0.2, 0) is 7.05 Å². The monoisotopic (exact) mass is 296 g/mol. The van der Waals surface area contributed by atoms with Gasteiger partial charge in [-0.25, -0.2) is 9.97 Å². The number of hydrogen-bond donors (Lipinski definition) is 0. The van der Waals surface area contributed by atoms with Crippen molar-refractivity contribution in [3.63, 3.8) is 0 Å². The molecule has 0 spiro atoms. The van der Waals surface area contributed by atoms with Gasteiger partial charge >= 0.3 is 0 Å². The lowest BCUT2D eigenvalue weighted by molar-refractivity contribution is 0.692. The normalized spacial score (nSPS) is 11.3. The molecule has 3 rings (SSSR count). The van der Waals surface area contributed by atoms with E-state index in [1.807, 2.05) is 36.2 Å². The Labute approximate surface area is 117 Å². The van der Waals surface area contributed by atoms with Crippen LogP contribution in [0.3, 0.4) is 0 Å². The minimum Gasteiger partial charge on any atom is -0.261 e. The summed E-state index contributed by atoms with van der Waals surface area (Å²) in [4.78, 5) is 9.42. The largest absolute Gasteiger partial charge is 0.261 e. The first-order valence-electron chi connectivity index (χ1n) is 5.23. The lowest BCUT2D eigenvalue weighted by Gasteiger charge is -2.02. The maximum Gasteiger partial charge on any atom is 0.224 e. The summed E-state index contributed by atoms with van der Waals surface area (Å²) < 4.78 is 1.84. The Balaban J connectivity index is 2.09. The molecule has 3 aromatic heterocycles. The van der Waals surface area contributed by atoms with Gasteiger partial charge in [-0.3, -0.25) is 4.68 Å². The van der Waals surface area contributed by atoms with Crippen LogP contribution in [0.15, 0.2) is 27.6 Å². The summed E-state index contributed by atoms with van der Waals surface area (Å²) in [6, 6.07) is 4.04. The molecule has 0 aromatic carbocycles. The summed E-state index contributed by atoms with van der Waals surface area (Å²) in [6.07, 6.45) is 0. The van der Waals surface area contributed by atoms with Gasteiger partial charge in [-0.2, -0.15) is 5.10 Å². The van der Waals surface area contributed by atoms with Crippen LogP contribution < -0.4 is 0 Å². The van der Waals surface area contributed by atoms with Gasteiger partial charge in [0, 0.05) is 12.4 Å². The molecule has 0 saturated carbocycles. The Morgan fingerprint density at radius 3 is 2.94 bits per heavy atom. The minimum absolute atomic E-state index is 0.284. The van der Waals surface area contributed by atoms with Gasteiger partial charge in [0.1, 0.15) is 14.9 Å². The lowest BCUT2D eigenvalue weighted by atomic mass is 10.4. The standard InChI is InChI=1S/C11H9ClN4S2/c1-6-5-8(16(2)15-6)18-10-7-3-4-17-9(7)13-11(12)14-10/h3-5H,1-2H3. The predicted octanol–water partition coefficient (Wildman–Crippen LogP) is 3.54. The average Bonchev–Trinajstić information content (AvgIpc) is 2.86. The number of aromatic nitrogens is 4. The van der Waals surface area contributed by atoms with Gasteiger partial charge in [0.15, 0.2) is 0 Å². The molecule has 0 radical (unpaired) electrons. The van der Waals surface area contributed by atoms with Crippen molar-refractivity contribution in [3.8, 4) is 0 Å². The molecule has 0 aliphatic carbocycles. The molecule has 0 atom stereocenters. The molecular formula is C11H9ClN4S2. The van der Waals surface area contributed by atoms with Crippen LogP contribution in [0.2, 0.25) is 5.28 Å². The summed E-state index contributed by atoms with van der Waals surface area (Å²) in [5.74, 6) is 0. The Kier molecular flexibility index (Phi) is 3.01. The van der Waals surface area contributed by atoms with Crippen molar-refractivity contribution in [2.75, 3.05) is 0 Å². The Morgan fingerprint density at radius 1 is 1.39 bits per heavy atom. The van der Waals surface area contributed by atoms with Crippen LogP contribution >= 0.6 is 34.7 Å². The van der Waals surface area contributed by atoms with Crippen LogP contribution in [0.4, 0.5) is 0 Å². The van der Waals surface area contributed by atoms with E-state index in [-0.39, 0.29) is 5.28 Å². The van der Waals surface area contributed by atoms with Crippen molar-refractivity contribution >= 4 is 44.9 Å². The second-order valence-electron chi connectivity index (χ2n) is 3.79. The number of aryl methyl sites for hydroxylation is 2. The second kappa shape index (κ2) is 4.53. The van der Waals surface area contributed by atoms with Crippen LogP contribution in [-0.4, -0.2) is 19.7 Å². The summed E-state index contributed by atoms with van der Waals surface area (Å²) in [7, 11) is 1.92. The van der Waals surface area contributed by atoms with Crippen LogP contribution in [0.5, 0.6) is 0 Å². The molecule has 4 nitrogen and oxygen atoms in total. The van der Waals surface area contributed by atoms with E-state index in [9.17, 15) is 0 Å². The van der Waals surface area contributed by atoms with E-state index in [1.54, 1.807) is 23.1 Å². The third-order valence-electron chi connectivity index (χ3n) is 2.42. The van der Waals surface area contributed by atoms with Gasteiger partial charge in [-0.1, -0.05) is 0 Å². The Bertz CT molecular complexity index is 719. The van der Waals surface area contributed by atoms with E-state index < -0.39 is 0 Å². The van der Waals surface area contributed by atoms with E-state index in [0.717, 1.165) is 26.0 Å². The third kappa shape index (κ3) is 2.11. The number of halogens is 1. The van der Waals surface area contributed by atoms with Crippen LogP contribution in [0.25, 0.3) is 10.2 Å². The summed E-state index contributed by atoms with van der Waals surface area (Å²) in [5.41, 5.74) is 0.988. The first-order chi connectivity index (χ1) is 8.63. The van der Waals surface area contributed by atoms with Crippen molar-refractivity contribution in [1.29, 1.82) is 0 Å². The van der Waals surface area contributed by atoms with Crippen LogP contribution in [0, 0.1) is 6.92 Å².